The molecule has 110 valence electrons. The zero-order valence-electron chi connectivity index (χ0n) is 12.4. The fourth-order valence-electron chi connectivity index (χ4n) is 2.23. The molecule has 0 aromatic rings. The Balaban J connectivity index is 2.50. The molecule has 0 aromatic heterocycles. The van der Waals surface area contributed by atoms with Crippen LogP contribution in [0.1, 0.15) is 27.2 Å². The number of amides is 1. The second-order valence-electron chi connectivity index (χ2n) is 5.85. The van der Waals surface area contributed by atoms with Crippen molar-refractivity contribution >= 4 is 12.1 Å². The van der Waals surface area contributed by atoms with Crippen molar-refractivity contribution in [2.75, 3.05) is 27.2 Å². The summed E-state index contributed by atoms with van der Waals surface area (Å²) in [6.07, 6.45) is 0.292. The first kappa shape index (κ1) is 15.8. The van der Waals surface area contributed by atoms with Gasteiger partial charge in [-0.1, -0.05) is 0 Å². The third kappa shape index (κ3) is 4.70. The van der Waals surface area contributed by atoms with E-state index in [0.29, 0.717) is 6.54 Å². The topological polar surface area (TPSA) is 67.9 Å². The fraction of sp³-hybridized carbons (Fsp3) is 0.846. The van der Waals surface area contributed by atoms with Crippen molar-refractivity contribution < 1.29 is 19.1 Å². The Bertz CT molecular complexity index is 338. The van der Waals surface area contributed by atoms with Crippen molar-refractivity contribution in [2.45, 2.75) is 38.8 Å². The second kappa shape index (κ2) is 6.23. The first-order valence-electron chi connectivity index (χ1n) is 6.49. The number of rotatable bonds is 3. The van der Waals surface area contributed by atoms with E-state index in [1.54, 1.807) is 0 Å². The van der Waals surface area contributed by atoms with Gasteiger partial charge in [0.2, 0.25) is 0 Å². The van der Waals surface area contributed by atoms with Crippen molar-refractivity contribution in [3.05, 3.63) is 0 Å². The van der Waals surface area contributed by atoms with Gasteiger partial charge in [0.1, 0.15) is 5.60 Å². The predicted molar refractivity (Wildman–Crippen MR) is 70.8 cm³/mol. The van der Waals surface area contributed by atoms with E-state index in [2.05, 4.69) is 10.2 Å². The van der Waals surface area contributed by atoms with Gasteiger partial charge in [0.15, 0.2) is 0 Å². The molecule has 1 amide bonds. The molecule has 1 heterocycles. The molecule has 1 aliphatic rings. The maximum absolute atomic E-state index is 11.7. The molecule has 1 rings (SSSR count). The highest BCUT2D eigenvalue weighted by Crippen LogP contribution is 2.23. The van der Waals surface area contributed by atoms with Gasteiger partial charge in [-0.15, -0.1) is 0 Å². The van der Waals surface area contributed by atoms with Crippen LogP contribution in [0.5, 0.6) is 0 Å². The summed E-state index contributed by atoms with van der Waals surface area (Å²) in [5.74, 6) is -0.412. The molecule has 1 aliphatic heterocycles. The number of esters is 1. The van der Waals surface area contributed by atoms with Crippen LogP contribution in [-0.4, -0.2) is 55.9 Å². The minimum absolute atomic E-state index is 0.0417. The smallest absolute Gasteiger partial charge is 0.407 e. The molecule has 0 spiro atoms. The fourth-order valence-corrected chi connectivity index (χ4v) is 2.23. The van der Waals surface area contributed by atoms with Gasteiger partial charge in [-0.2, -0.15) is 0 Å². The molecule has 6 heteroatoms. The number of methoxy groups -OCH3 is 1. The summed E-state index contributed by atoms with van der Waals surface area (Å²) >= 11 is 0. The molecule has 2 atom stereocenters. The van der Waals surface area contributed by atoms with Crippen molar-refractivity contribution in [3.63, 3.8) is 0 Å². The number of nitrogens with zero attached hydrogens (tertiary/aromatic N) is 1. The minimum Gasteiger partial charge on any atom is -0.469 e. The quantitative estimate of drug-likeness (QED) is 0.776. The highest BCUT2D eigenvalue weighted by Gasteiger charge is 2.37. The van der Waals surface area contributed by atoms with Crippen LogP contribution in [-0.2, 0) is 14.3 Å². The Kier molecular flexibility index (Phi) is 5.17. The highest BCUT2D eigenvalue weighted by atomic mass is 16.6. The van der Waals surface area contributed by atoms with Crippen molar-refractivity contribution in [2.24, 2.45) is 5.92 Å². The average molecular weight is 272 g/mol. The van der Waals surface area contributed by atoms with E-state index in [4.69, 9.17) is 9.47 Å². The van der Waals surface area contributed by atoms with Gasteiger partial charge in [-0.3, -0.25) is 4.79 Å². The molecule has 1 saturated heterocycles. The van der Waals surface area contributed by atoms with E-state index >= 15 is 0 Å². The number of nitrogens with one attached hydrogen (secondary N) is 1. The standard InChI is InChI=1S/C13H24N2O4/c1-13(2,3)19-12(17)14-8-10-9(11(16)18-5)6-7-15(10)4/h9-10H,6-8H2,1-5H3,(H,14,17). The molecule has 0 bridgehead atoms. The number of carbonyl (C=O) groups excluding carboxylic acids is 2. The number of likely N-dealkylation sites (N-methyl/N-ethyl adjacent to an activating group) is 1. The maximum atomic E-state index is 11.7. The summed E-state index contributed by atoms with van der Waals surface area (Å²) in [5, 5.41) is 2.71. The highest BCUT2D eigenvalue weighted by molar-refractivity contribution is 5.74. The molecule has 19 heavy (non-hydrogen) atoms. The average Bonchev–Trinajstić information content (AvgIpc) is 2.65. The lowest BCUT2D eigenvalue weighted by molar-refractivity contribution is -0.146. The van der Waals surface area contributed by atoms with Crippen LogP contribution in [0.3, 0.4) is 0 Å². The Morgan fingerprint density at radius 1 is 1.37 bits per heavy atom. The van der Waals surface area contributed by atoms with E-state index in [1.165, 1.54) is 7.11 Å². The van der Waals surface area contributed by atoms with Crippen LogP contribution >= 0.6 is 0 Å². The molecule has 0 aromatic carbocycles. The molecule has 0 saturated carbocycles. The van der Waals surface area contributed by atoms with Gasteiger partial charge in [-0.05, 0) is 40.8 Å². The Labute approximate surface area is 114 Å². The second-order valence-corrected chi connectivity index (χ2v) is 5.85. The third-order valence-corrected chi connectivity index (χ3v) is 3.18. The van der Waals surface area contributed by atoms with E-state index in [-0.39, 0.29) is 17.9 Å². The van der Waals surface area contributed by atoms with Crippen LogP contribution in [0.2, 0.25) is 0 Å². The van der Waals surface area contributed by atoms with Gasteiger partial charge in [0.05, 0.1) is 13.0 Å². The zero-order chi connectivity index (χ0) is 14.6. The van der Waals surface area contributed by atoms with E-state index < -0.39 is 11.7 Å². The summed E-state index contributed by atoms with van der Waals surface area (Å²) < 4.78 is 9.96. The first-order chi connectivity index (χ1) is 8.74. The number of alkyl carbamates (subject to hydrolysis) is 1. The maximum Gasteiger partial charge on any atom is 0.407 e. The van der Waals surface area contributed by atoms with Crippen molar-refractivity contribution in [1.29, 1.82) is 0 Å². The largest absolute Gasteiger partial charge is 0.469 e. The van der Waals surface area contributed by atoms with E-state index in [9.17, 15) is 9.59 Å². The van der Waals surface area contributed by atoms with Gasteiger partial charge in [-0.25, -0.2) is 4.79 Å². The summed E-state index contributed by atoms with van der Waals surface area (Å²) in [6.45, 7) is 6.63. The molecular formula is C13H24N2O4. The summed E-state index contributed by atoms with van der Waals surface area (Å²) in [7, 11) is 3.32. The molecule has 6 nitrogen and oxygen atoms in total. The number of hydrogen-bond donors (Lipinski definition) is 1. The number of ether oxygens (including phenoxy) is 2. The van der Waals surface area contributed by atoms with Gasteiger partial charge in [0, 0.05) is 12.6 Å². The molecule has 0 radical (unpaired) electrons. The molecule has 0 aliphatic carbocycles. The summed E-state index contributed by atoms with van der Waals surface area (Å²) in [6, 6.07) is -0.0417. The summed E-state index contributed by atoms with van der Waals surface area (Å²) in [5.41, 5.74) is -0.520. The summed E-state index contributed by atoms with van der Waals surface area (Å²) in [4.78, 5) is 25.3. The SMILES string of the molecule is COC(=O)C1CCN(C)C1CNC(=O)OC(C)(C)C. The van der Waals surface area contributed by atoms with Crippen LogP contribution < -0.4 is 5.32 Å². The Morgan fingerprint density at radius 2 is 2.00 bits per heavy atom. The van der Waals surface area contributed by atoms with Crippen LogP contribution in [0, 0.1) is 5.92 Å². The molecular weight excluding hydrogens is 248 g/mol. The lowest BCUT2D eigenvalue weighted by atomic mass is 10.0. The third-order valence-electron chi connectivity index (χ3n) is 3.18. The van der Waals surface area contributed by atoms with Crippen LogP contribution in [0.25, 0.3) is 0 Å². The number of hydrogen-bond acceptors (Lipinski definition) is 5. The molecule has 2 unspecified atom stereocenters. The Morgan fingerprint density at radius 3 is 2.53 bits per heavy atom. The monoisotopic (exact) mass is 272 g/mol. The van der Waals surface area contributed by atoms with Crippen molar-refractivity contribution in [1.82, 2.24) is 10.2 Å². The van der Waals surface area contributed by atoms with E-state index in [0.717, 1.165) is 13.0 Å². The van der Waals surface area contributed by atoms with Gasteiger partial charge >= 0.3 is 12.1 Å². The molecule has 1 N–H and O–H groups in total. The van der Waals surface area contributed by atoms with Crippen molar-refractivity contribution in [3.8, 4) is 0 Å². The predicted octanol–water partition coefficient (Wildman–Crippen LogP) is 1.00. The number of carbonyl (C=O) groups is 2. The number of likely N-dealkylation sites (tertiary alicyclic amines) is 1. The van der Waals surface area contributed by atoms with Gasteiger partial charge < -0.3 is 19.7 Å². The normalized spacial score (nSPS) is 24.1. The lowest BCUT2D eigenvalue weighted by Gasteiger charge is -2.25. The van der Waals surface area contributed by atoms with Gasteiger partial charge in [0.25, 0.3) is 0 Å². The first-order valence-corrected chi connectivity index (χ1v) is 6.49. The van der Waals surface area contributed by atoms with Crippen LogP contribution in [0.15, 0.2) is 0 Å². The minimum atomic E-state index is -0.520. The lowest BCUT2D eigenvalue weighted by Crippen LogP contribution is -2.44. The van der Waals surface area contributed by atoms with Crippen LogP contribution in [0.4, 0.5) is 4.79 Å². The molecule has 1 fully saturated rings. The Hall–Kier alpha value is -1.30. The zero-order valence-corrected chi connectivity index (χ0v) is 12.4. The van der Waals surface area contributed by atoms with E-state index in [1.807, 2.05) is 27.8 Å².